The van der Waals surface area contributed by atoms with Crippen LogP contribution in [-0.2, 0) is 0 Å². The first-order valence-electron chi connectivity index (χ1n) is 8.42. The van der Waals surface area contributed by atoms with Crippen LogP contribution in [0.2, 0.25) is 0 Å². The van der Waals surface area contributed by atoms with Gasteiger partial charge < -0.3 is 5.32 Å². The highest BCUT2D eigenvalue weighted by Crippen LogP contribution is 2.21. The summed E-state index contributed by atoms with van der Waals surface area (Å²) in [5.41, 5.74) is 0. The summed E-state index contributed by atoms with van der Waals surface area (Å²) in [6, 6.07) is 0.717. The van der Waals surface area contributed by atoms with Gasteiger partial charge in [-0.3, -0.25) is 0 Å². The van der Waals surface area contributed by atoms with Gasteiger partial charge in [-0.25, -0.2) is 0 Å². The van der Waals surface area contributed by atoms with Crippen LogP contribution in [0.15, 0.2) is 0 Å². The molecule has 0 radical (unpaired) electrons. The standard InChI is InChI=1S/C17H35N/c1-15(2)10-9-11-16(3)18-14-17-12-7-5-4-6-8-13-17/h15-18H,4-14H2,1-3H3. The van der Waals surface area contributed by atoms with Crippen LogP contribution >= 0.6 is 0 Å². The molecule has 1 rings (SSSR count). The number of nitrogens with one attached hydrogen (secondary N) is 1. The molecule has 0 saturated heterocycles. The van der Waals surface area contributed by atoms with E-state index in [4.69, 9.17) is 0 Å². The largest absolute Gasteiger partial charge is 0.314 e. The molecule has 0 spiro atoms. The maximum atomic E-state index is 3.77. The Morgan fingerprint density at radius 3 is 2.11 bits per heavy atom. The van der Waals surface area contributed by atoms with E-state index in [1.54, 1.807) is 0 Å². The topological polar surface area (TPSA) is 12.0 Å². The van der Waals surface area contributed by atoms with Crippen LogP contribution in [0.4, 0.5) is 0 Å². The fourth-order valence-electron chi connectivity index (χ4n) is 3.05. The first-order valence-corrected chi connectivity index (χ1v) is 8.42. The maximum absolute atomic E-state index is 3.77. The van der Waals surface area contributed by atoms with E-state index < -0.39 is 0 Å². The van der Waals surface area contributed by atoms with Gasteiger partial charge in [-0.15, -0.1) is 0 Å². The molecule has 1 saturated carbocycles. The molecule has 0 aromatic carbocycles. The Labute approximate surface area is 115 Å². The van der Waals surface area contributed by atoms with Crippen molar-refractivity contribution in [3.8, 4) is 0 Å². The van der Waals surface area contributed by atoms with Gasteiger partial charge >= 0.3 is 0 Å². The normalized spacial score (nSPS) is 20.7. The van der Waals surface area contributed by atoms with Gasteiger partial charge in [0.2, 0.25) is 0 Å². The van der Waals surface area contributed by atoms with E-state index in [2.05, 4.69) is 26.1 Å². The van der Waals surface area contributed by atoms with Crippen LogP contribution in [0.5, 0.6) is 0 Å². The van der Waals surface area contributed by atoms with Gasteiger partial charge in [0.1, 0.15) is 0 Å². The Bertz CT molecular complexity index is 180. The van der Waals surface area contributed by atoms with Crippen molar-refractivity contribution < 1.29 is 0 Å². The zero-order valence-corrected chi connectivity index (χ0v) is 13.0. The predicted molar refractivity (Wildman–Crippen MR) is 82.0 cm³/mol. The van der Waals surface area contributed by atoms with Crippen molar-refractivity contribution in [2.45, 2.75) is 91.0 Å². The third-order valence-corrected chi connectivity index (χ3v) is 4.40. The lowest BCUT2D eigenvalue weighted by Crippen LogP contribution is -2.31. The number of hydrogen-bond acceptors (Lipinski definition) is 1. The summed E-state index contributed by atoms with van der Waals surface area (Å²) < 4.78 is 0. The molecule has 108 valence electrons. The van der Waals surface area contributed by atoms with Crippen molar-refractivity contribution in [3.05, 3.63) is 0 Å². The Morgan fingerprint density at radius 1 is 0.889 bits per heavy atom. The molecule has 0 heterocycles. The molecular weight excluding hydrogens is 218 g/mol. The highest BCUT2D eigenvalue weighted by molar-refractivity contribution is 4.69. The Morgan fingerprint density at radius 2 is 1.50 bits per heavy atom. The minimum atomic E-state index is 0.717. The van der Waals surface area contributed by atoms with Gasteiger partial charge in [-0.2, -0.15) is 0 Å². The summed E-state index contributed by atoms with van der Waals surface area (Å²) in [5, 5.41) is 3.77. The lowest BCUT2D eigenvalue weighted by atomic mass is 9.91. The molecule has 1 nitrogen and oxygen atoms in total. The second-order valence-corrected chi connectivity index (χ2v) is 6.85. The van der Waals surface area contributed by atoms with E-state index in [0.29, 0.717) is 6.04 Å². The lowest BCUT2D eigenvalue weighted by molar-refractivity contribution is 0.340. The summed E-state index contributed by atoms with van der Waals surface area (Å²) in [5.74, 6) is 1.82. The smallest absolute Gasteiger partial charge is 0.00388 e. The van der Waals surface area contributed by atoms with Crippen LogP contribution in [0, 0.1) is 11.8 Å². The molecule has 1 N–H and O–H groups in total. The van der Waals surface area contributed by atoms with Gasteiger partial charge in [-0.1, -0.05) is 58.8 Å². The van der Waals surface area contributed by atoms with Crippen LogP contribution in [0.25, 0.3) is 0 Å². The van der Waals surface area contributed by atoms with Gasteiger partial charge in [0.05, 0.1) is 0 Å². The second kappa shape index (κ2) is 9.83. The van der Waals surface area contributed by atoms with Crippen molar-refractivity contribution in [2.24, 2.45) is 11.8 Å². The van der Waals surface area contributed by atoms with Crippen molar-refractivity contribution >= 4 is 0 Å². The van der Waals surface area contributed by atoms with E-state index in [-0.39, 0.29) is 0 Å². The van der Waals surface area contributed by atoms with E-state index >= 15 is 0 Å². The van der Waals surface area contributed by atoms with E-state index in [1.165, 1.54) is 70.8 Å². The van der Waals surface area contributed by atoms with Crippen molar-refractivity contribution in [2.75, 3.05) is 6.54 Å². The van der Waals surface area contributed by atoms with E-state index in [1.807, 2.05) is 0 Å². The summed E-state index contributed by atoms with van der Waals surface area (Å²) >= 11 is 0. The summed E-state index contributed by atoms with van der Waals surface area (Å²) in [7, 11) is 0. The van der Waals surface area contributed by atoms with E-state index in [0.717, 1.165) is 11.8 Å². The second-order valence-electron chi connectivity index (χ2n) is 6.85. The summed E-state index contributed by atoms with van der Waals surface area (Å²) in [6.07, 6.45) is 14.4. The Hall–Kier alpha value is -0.0400. The molecule has 1 heteroatoms. The first kappa shape index (κ1) is 16.0. The molecule has 0 aliphatic heterocycles. The fourth-order valence-corrected chi connectivity index (χ4v) is 3.05. The van der Waals surface area contributed by atoms with Crippen molar-refractivity contribution in [1.82, 2.24) is 5.32 Å². The molecule has 1 atom stereocenters. The third kappa shape index (κ3) is 8.13. The average Bonchev–Trinajstić information content (AvgIpc) is 2.27. The van der Waals surface area contributed by atoms with Crippen LogP contribution in [0.3, 0.4) is 0 Å². The summed E-state index contributed by atoms with van der Waals surface area (Å²) in [6.45, 7) is 8.28. The first-order chi connectivity index (χ1) is 8.68. The van der Waals surface area contributed by atoms with Gasteiger partial charge in [0, 0.05) is 6.04 Å². The molecule has 0 bridgehead atoms. The predicted octanol–water partition coefficient (Wildman–Crippen LogP) is 5.15. The number of rotatable bonds is 7. The molecule has 0 aromatic rings. The van der Waals surface area contributed by atoms with Gasteiger partial charge in [-0.05, 0) is 44.6 Å². The van der Waals surface area contributed by atoms with Crippen LogP contribution in [-0.4, -0.2) is 12.6 Å². The van der Waals surface area contributed by atoms with E-state index in [9.17, 15) is 0 Å². The highest BCUT2D eigenvalue weighted by Gasteiger charge is 2.12. The van der Waals surface area contributed by atoms with Crippen LogP contribution < -0.4 is 5.32 Å². The van der Waals surface area contributed by atoms with Crippen molar-refractivity contribution in [1.29, 1.82) is 0 Å². The van der Waals surface area contributed by atoms with Crippen LogP contribution in [0.1, 0.15) is 85.0 Å². The Kier molecular flexibility index (Phi) is 8.75. The minimum absolute atomic E-state index is 0.717. The monoisotopic (exact) mass is 253 g/mol. The van der Waals surface area contributed by atoms with Crippen molar-refractivity contribution in [3.63, 3.8) is 0 Å². The highest BCUT2D eigenvalue weighted by atomic mass is 14.9. The minimum Gasteiger partial charge on any atom is -0.314 e. The molecule has 1 aliphatic rings. The zero-order valence-electron chi connectivity index (χ0n) is 13.0. The molecule has 1 fully saturated rings. The SMILES string of the molecule is CC(C)CCCC(C)NCC1CCCCCCC1. The average molecular weight is 253 g/mol. The quantitative estimate of drug-likeness (QED) is 0.661. The molecular formula is C17H35N. The molecule has 1 aliphatic carbocycles. The number of hydrogen-bond donors (Lipinski definition) is 1. The molecule has 0 aromatic heterocycles. The van der Waals surface area contributed by atoms with Gasteiger partial charge in [0.25, 0.3) is 0 Å². The Balaban J connectivity index is 2.06. The molecule has 1 unspecified atom stereocenters. The summed E-state index contributed by atoms with van der Waals surface area (Å²) in [4.78, 5) is 0. The fraction of sp³-hybridized carbons (Fsp3) is 1.00. The zero-order chi connectivity index (χ0) is 13.2. The lowest BCUT2D eigenvalue weighted by Gasteiger charge is -2.22. The molecule has 18 heavy (non-hydrogen) atoms. The molecule has 0 amide bonds. The maximum Gasteiger partial charge on any atom is 0.00388 e. The van der Waals surface area contributed by atoms with Gasteiger partial charge in [0.15, 0.2) is 0 Å². The third-order valence-electron chi connectivity index (χ3n) is 4.40.